The molecule has 2 aromatic heterocycles. The Labute approximate surface area is 123 Å². The standard InChI is InChI=1S/C14H13N5O3/c1-19(13(21)10-6-15-14(22)17-10)7-11-16-9-5-3-2-4-8(9)12(20)18-11/h2-6H,7H2,1H3,(H2,15,17,22)(H,16,18,20). The summed E-state index contributed by atoms with van der Waals surface area (Å²) in [4.78, 5) is 48.2. The van der Waals surface area contributed by atoms with Crippen molar-refractivity contribution in [2.24, 2.45) is 0 Å². The van der Waals surface area contributed by atoms with E-state index in [1.54, 1.807) is 31.3 Å². The molecule has 0 spiro atoms. The Morgan fingerprint density at radius 2 is 2.00 bits per heavy atom. The van der Waals surface area contributed by atoms with Gasteiger partial charge in [-0.05, 0) is 12.1 Å². The summed E-state index contributed by atoms with van der Waals surface area (Å²) in [6.07, 6.45) is 1.30. The zero-order valence-electron chi connectivity index (χ0n) is 11.7. The molecule has 22 heavy (non-hydrogen) atoms. The summed E-state index contributed by atoms with van der Waals surface area (Å²) >= 11 is 0. The fraction of sp³-hybridized carbons (Fsp3) is 0.143. The number of carbonyl (C=O) groups excluding carboxylic acids is 1. The molecule has 0 aliphatic heterocycles. The van der Waals surface area contributed by atoms with Crippen molar-refractivity contribution in [2.75, 3.05) is 7.05 Å². The lowest BCUT2D eigenvalue weighted by Gasteiger charge is -2.15. The number of benzene rings is 1. The van der Waals surface area contributed by atoms with Gasteiger partial charge in [-0.25, -0.2) is 9.78 Å². The number of fused-ring (bicyclic) bond motifs is 1. The van der Waals surface area contributed by atoms with Crippen LogP contribution in [-0.2, 0) is 6.54 Å². The number of hydrogen-bond acceptors (Lipinski definition) is 4. The van der Waals surface area contributed by atoms with Gasteiger partial charge in [0.2, 0.25) is 0 Å². The topological polar surface area (TPSA) is 115 Å². The second kappa shape index (κ2) is 5.32. The van der Waals surface area contributed by atoms with Gasteiger partial charge >= 0.3 is 5.69 Å². The SMILES string of the molecule is CN(Cc1nc2ccccc2c(=O)[nH]1)C(=O)c1c[nH]c(=O)[nH]1. The number of imidazole rings is 1. The van der Waals surface area contributed by atoms with E-state index in [2.05, 4.69) is 19.9 Å². The minimum Gasteiger partial charge on any atom is -0.333 e. The van der Waals surface area contributed by atoms with Crippen LogP contribution >= 0.6 is 0 Å². The van der Waals surface area contributed by atoms with Crippen LogP contribution in [0.2, 0.25) is 0 Å². The average Bonchev–Trinajstić information content (AvgIpc) is 2.93. The van der Waals surface area contributed by atoms with E-state index in [-0.39, 0.29) is 23.7 Å². The normalized spacial score (nSPS) is 10.8. The van der Waals surface area contributed by atoms with Gasteiger partial charge in [0.1, 0.15) is 11.5 Å². The average molecular weight is 299 g/mol. The number of rotatable bonds is 3. The number of para-hydroxylation sites is 1. The van der Waals surface area contributed by atoms with Crippen LogP contribution in [0.5, 0.6) is 0 Å². The quantitative estimate of drug-likeness (QED) is 0.641. The number of nitrogens with zero attached hydrogens (tertiary/aromatic N) is 2. The number of aromatic amines is 3. The lowest BCUT2D eigenvalue weighted by Crippen LogP contribution is -2.29. The minimum atomic E-state index is -0.450. The van der Waals surface area contributed by atoms with Crippen LogP contribution in [0.1, 0.15) is 16.3 Å². The molecule has 3 N–H and O–H groups in total. The van der Waals surface area contributed by atoms with E-state index >= 15 is 0 Å². The third-order valence-electron chi connectivity index (χ3n) is 3.22. The molecule has 0 saturated carbocycles. The fourth-order valence-electron chi connectivity index (χ4n) is 2.16. The predicted molar refractivity (Wildman–Crippen MR) is 79.6 cm³/mol. The highest BCUT2D eigenvalue weighted by molar-refractivity contribution is 5.91. The van der Waals surface area contributed by atoms with Crippen molar-refractivity contribution in [3.8, 4) is 0 Å². The highest BCUT2D eigenvalue weighted by Gasteiger charge is 2.15. The van der Waals surface area contributed by atoms with Crippen LogP contribution < -0.4 is 11.2 Å². The largest absolute Gasteiger partial charge is 0.333 e. The van der Waals surface area contributed by atoms with Crippen molar-refractivity contribution >= 4 is 16.8 Å². The van der Waals surface area contributed by atoms with Crippen molar-refractivity contribution in [1.29, 1.82) is 0 Å². The summed E-state index contributed by atoms with van der Waals surface area (Å²) in [5.41, 5.74) is 0.0123. The van der Waals surface area contributed by atoms with Gasteiger partial charge in [0.15, 0.2) is 0 Å². The molecule has 2 heterocycles. The monoisotopic (exact) mass is 299 g/mol. The van der Waals surface area contributed by atoms with Gasteiger partial charge in [-0.3, -0.25) is 9.59 Å². The van der Waals surface area contributed by atoms with Crippen LogP contribution in [0.3, 0.4) is 0 Å². The van der Waals surface area contributed by atoms with Gasteiger partial charge in [0.25, 0.3) is 11.5 Å². The van der Waals surface area contributed by atoms with Crippen LogP contribution in [0.25, 0.3) is 10.9 Å². The zero-order valence-corrected chi connectivity index (χ0v) is 11.7. The van der Waals surface area contributed by atoms with Gasteiger partial charge in [0, 0.05) is 13.2 Å². The van der Waals surface area contributed by atoms with Crippen LogP contribution in [0.4, 0.5) is 0 Å². The third-order valence-corrected chi connectivity index (χ3v) is 3.22. The first-order valence-corrected chi connectivity index (χ1v) is 6.55. The van der Waals surface area contributed by atoms with Gasteiger partial charge in [-0.2, -0.15) is 0 Å². The van der Waals surface area contributed by atoms with Gasteiger partial charge in [0.05, 0.1) is 17.4 Å². The first kappa shape index (κ1) is 13.8. The summed E-state index contributed by atoms with van der Waals surface area (Å²) in [7, 11) is 1.56. The molecule has 1 amide bonds. The molecule has 8 heteroatoms. The second-order valence-electron chi connectivity index (χ2n) is 4.85. The number of H-pyrrole nitrogens is 3. The Balaban J connectivity index is 1.88. The highest BCUT2D eigenvalue weighted by atomic mass is 16.2. The molecule has 1 aromatic carbocycles. The first-order chi connectivity index (χ1) is 10.5. The second-order valence-corrected chi connectivity index (χ2v) is 4.85. The molecule has 0 unspecified atom stereocenters. The fourth-order valence-corrected chi connectivity index (χ4v) is 2.16. The molecule has 0 fully saturated rings. The maximum absolute atomic E-state index is 12.1. The summed E-state index contributed by atoms with van der Waals surface area (Å²) in [5, 5.41) is 0.496. The molecule has 0 radical (unpaired) electrons. The molecule has 0 saturated heterocycles. The number of aromatic nitrogens is 4. The van der Waals surface area contributed by atoms with Crippen molar-refractivity contribution in [3.05, 3.63) is 62.8 Å². The van der Waals surface area contributed by atoms with Gasteiger partial charge in [-0.1, -0.05) is 12.1 Å². The Morgan fingerprint density at radius 1 is 1.23 bits per heavy atom. The molecule has 0 bridgehead atoms. The Bertz CT molecular complexity index is 953. The summed E-state index contributed by atoms with van der Waals surface area (Å²) in [5.74, 6) is -0.00779. The number of amides is 1. The molecule has 3 rings (SSSR count). The smallest absolute Gasteiger partial charge is 0.323 e. The maximum atomic E-state index is 12.1. The molecular formula is C14H13N5O3. The van der Waals surface area contributed by atoms with E-state index in [9.17, 15) is 14.4 Å². The summed E-state index contributed by atoms with van der Waals surface area (Å²) < 4.78 is 0. The Morgan fingerprint density at radius 3 is 2.73 bits per heavy atom. The molecule has 3 aromatic rings. The van der Waals surface area contributed by atoms with Crippen molar-refractivity contribution < 1.29 is 4.79 Å². The highest BCUT2D eigenvalue weighted by Crippen LogP contribution is 2.07. The van der Waals surface area contributed by atoms with Gasteiger partial charge in [-0.15, -0.1) is 0 Å². The first-order valence-electron chi connectivity index (χ1n) is 6.55. The molecule has 0 aliphatic carbocycles. The number of nitrogens with one attached hydrogen (secondary N) is 3. The number of carbonyl (C=O) groups is 1. The maximum Gasteiger partial charge on any atom is 0.323 e. The minimum absolute atomic E-state index is 0.117. The lowest BCUT2D eigenvalue weighted by atomic mass is 10.2. The van der Waals surface area contributed by atoms with Crippen LogP contribution in [-0.4, -0.2) is 37.8 Å². The third kappa shape index (κ3) is 2.53. The van der Waals surface area contributed by atoms with Gasteiger partial charge < -0.3 is 19.9 Å². The number of hydrogen-bond donors (Lipinski definition) is 3. The van der Waals surface area contributed by atoms with Crippen LogP contribution in [0.15, 0.2) is 40.1 Å². The molecule has 8 nitrogen and oxygen atoms in total. The molecule has 0 atom stereocenters. The molecule has 0 aliphatic rings. The Hall–Kier alpha value is -3.16. The van der Waals surface area contributed by atoms with E-state index in [0.717, 1.165) is 0 Å². The lowest BCUT2D eigenvalue weighted by molar-refractivity contribution is 0.0776. The van der Waals surface area contributed by atoms with E-state index in [4.69, 9.17) is 0 Å². The van der Waals surface area contributed by atoms with Crippen LogP contribution in [0, 0.1) is 0 Å². The summed E-state index contributed by atoms with van der Waals surface area (Å²) in [6, 6.07) is 6.97. The van der Waals surface area contributed by atoms with Crippen molar-refractivity contribution in [3.63, 3.8) is 0 Å². The summed E-state index contributed by atoms with van der Waals surface area (Å²) in [6.45, 7) is 0.117. The predicted octanol–water partition coefficient (Wildman–Crippen LogP) is 0.212. The molecule has 112 valence electrons. The zero-order chi connectivity index (χ0) is 15.7. The van der Waals surface area contributed by atoms with E-state index in [1.807, 2.05) is 0 Å². The molecular weight excluding hydrogens is 286 g/mol. The van der Waals surface area contributed by atoms with Crippen molar-refractivity contribution in [2.45, 2.75) is 6.54 Å². The van der Waals surface area contributed by atoms with E-state index in [0.29, 0.717) is 16.7 Å². The van der Waals surface area contributed by atoms with E-state index < -0.39 is 5.69 Å². The Kier molecular flexibility index (Phi) is 3.34. The van der Waals surface area contributed by atoms with Crippen molar-refractivity contribution in [1.82, 2.24) is 24.8 Å². The van der Waals surface area contributed by atoms with E-state index in [1.165, 1.54) is 11.1 Å².